The van der Waals surface area contributed by atoms with Crippen molar-refractivity contribution in [1.82, 2.24) is 0 Å². The highest BCUT2D eigenvalue weighted by atomic mass is 16.8. The lowest BCUT2D eigenvalue weighted by atomic mass is 9.46. The molecule has 0 amide bonds. The maximum atomic E-state index is 13.2. The molecule has 5 atom stereocenters. The normalized spacial score (nSPS) is 43.4. The summed E-state index contributed by atoms with van der Waals surface area (Å²) in [7, 11) is 1.35. The van der Waals surface area contributed by atoms with Crippen LogP contribution in [0.15, 0.2) is 23.0 Å². The van der Waals surface area contributed by atoms with E-state index in [0.29, 0.717) is 19.3 Å². The largest absolute Gasteiger partial charge is 0.472 e. The summed E-state index contributed by atoms with van der Waals surface area (Å²) in [4.78, 5) is 26.1. The summed E-state index contributed by atoms with van der Waals surface area (Å²) in [5, 5.41) is 9.70. The van der Waals surface area contributed by atoms with E-state index in [-0.39, 0.29) is 31.3 Å². The lowest BCUT2D eigenvalue weighted by Crippen LogP contribution is -2.72. The molecule has 4 rings (SSSR count). The fourth-order valence-electron chi connectivity index (χ4n) is 5.68. The average Bonchev–Trinajstić information content (AvgIpc) is 3.31. The van der Waals surface area contributed by atoms with Crippen LogP contribution in [0.1, 0.15) is 45.1 Å². The monoisotopic (exact) mass is 378 g/mol. The van der Waals surface area contributed by atoms with Gasteiger partial charge in [-0.2, -0.15) is 0 Å². The first-order valence-corrected chi connectivity index (χ1v) is 9.39. The van der Waals surface area contributed by atoms with Crippen molar-refractivity contribution in [1.29, 1.82) is 0 Å². The molecular weight excluding hydrogens is 352 g/mol. The van der Waals surface area contributed by atoms with E-state index in [1.54, 1.807) is 25.5 Å². The lowest BCUT2D eigenvalue weighted by Gasteiger charge is -2.61. The van der Waals surface area contributed by atoms with Gasteiger partial charge in [0.2, 0.25) is 0 Å². The molecule has 27 heavy (non-hydrogen) atoms. The molecule has 148 valence electrons. The summed E-state index contributed by atoms with van der Waals surface area (Å²) in [6.45, 7) is 3.72. The minimum absolute atomic E-state index is 0.0496. The van der Waals surface area contributed by atoms with Crippen LogP contribution in [0.2, 0.25) is 0 Å². The van der Waals surface area contributed by atoms with Crippen LogP contribution < -0.4 is 0 Å². The summed E-state index contributed by atoms with van der Waals surface area (Å²) in [6.07, 6.45) is 4.56. The van der Waals surface area contributed by atoms with Crippen LogP contribution in [0.25, 0.3) is 0 Å². The van der Waals surface area contributed by atoms with Gasteiger partial charge in [-0.25, -0.2) is 0 Å². The molecule has 1 aromatic heterocycles. The number of methoxy groups -OCH3 is 1. The van der Waals surface area contributed by atoms with Gasteiger partial charge in [-0.15, -0.1) is 0 Å². The second-order valence-corrected chi connectivity index (χ2v) is 8.35. The third kappa shape index (κ3) is 2.08. The first kappa shape index (κ1) is 18.7. The van der Waals surface area contributed by atoms with Crippen molar-refractivity contribution in [3.63, 3.8) is 0 Å². The summed E-state index contributed by atoms with van der Waals surface area (Å²) >= 11 is 0. The fraction of sp³-hybridized carbons (Fsp3) is 0.700. The number of rotatable bonds is 4. The smallest absolute Gasteiger partial charge is 0.314 e. The molecule has 1 N–H and O–H groups in total. The Morgan fingerprint density at radius 1 is 1.41 bits per heavy atom. The highest BCUT2D eigenvalue weighted by Crippen LogP contribution is 2.69. The maximum Gasteiger partial charge on any atom is 0.314 e. The van der Waals surface area contributed by atoms with E-state index in [1.807, 2.05) is 6.92 Å². The third-order valence-corrected chi connectivity index (χ3v) is 7.42. The van der Waals surface area contributed by atoms with Gasteiger partial charge in [0, 0.05) is 25.0 Å². The SMILES string of the molecule is COC(=O)[C@]1(C)CCC(=O)[C@@]2(C)[C@@H](CCO)C[C@]3(c4ccoc4)OC[C@]12O3. The van der Waals surface area contributed by atoms with Crippen LogP contribution in [-0.4, -0.2) is 42.8 Å². The quantitative estimate of drug-likeness (QED) is 0.802. The molecule has 1 aliphatic carbocycles. The molecule has 7 heteroatoms. The van der Waals surface area contributed by atoms with Crippen LogP contribution in [0.5, 0.6) is 0 Å². The standard InChI is InChI=1S/C20H26O7/c1-17(16(23)24-3)7-4-15(22)18(2)13(5-8-21)10-19(14-6-9-25-11-14)26-12-20(17,18)27-19/h6,9,11,13,21H,4-5,7-8,10,12H2,1-3H3/t13-,17-,18+,19-,20-/m0/s1. The van der Waals surface area contributed by atoms with E-state index in [0.717, 1.165) is 5.56 Å². The number of fused-ring (bicyclic) bond motifs is 1. The summed E-state index contributed by atoms with van der Waals surface area (Å²) < 4.78 is 23.2. The first-order chi connectivity index (χ1) is 12.8. The summed E-state index contributed by atoms with van der Waals surface area (Å²) in [6, 6.07) is 1.78. The van der Waals surface area contributed by atoms with E-state index < -0.39 is 28.2 Å². The molecule has 7 nitrogen and oxygen atoms in total. The number of aliphatic hydroxyl groups excluding tert-OH is 1. The molecule has 0 radical (unpaired) electrons. The molecule has 0 unspecified atom stereocenters. The Labute approximate surface area is 158 Å². The molecule has 3 fully saturated rings. The summed E-state index contributed by atoms with van der Waals surface area (Å²) in [5.74, 6) is -1.66. The first-order valence-electron chi connectivity index (χ1n) is 9.39. The Bertz CT molecular complexity index is 758. The fourth-order valence-corrected chi connectivity index (χ4v) is 5.68. The zero-order valence-corrected chi connectivity index (χ0v) is 15.9. The lowest BCUT2D eigenvalue weighted by molar-refractivity contribution is -0.302. The van der Waals surface area contributed by atoms with Crippen LogP contribution >= 0.6 is 0 Å². The molecule has 1 spiro atoms. The van der Waals surface area contributed by atoms with Crippen molar-refractivity contribution in [2.75, 3.05) is 20.3 Å². The molecule has 2 aliphatic heterocycles. The Kier molecular flexibility index (Phi) is 4.07. The van der Waals surface area contributed by atoms with Gasteiger partial charge in [-0.05, 0) is 38.7 Å². The maximum absolute atomic E-state index is 13.2. The van der Waals surface area contributed by atoms with Crippen molar-refractivity contribution in [3.05, 3.63) is 24.2 Å². The molecular formula is C20H26O7. The molecule has 3 heterocycles. The van der Waals surface area contributed by atoms with Gasteiger partial charge in [0.05, 0.1) is 37.1 Å². The highest BCUT2D eigenvalue weighted by molar-refractivity contribution is 5.92. The highest BCUT2D eigenvalue weighted by Gasteiger charge is 2.78. The van der Waals surface area contributed by atoms with Crippen molar-refractivity contribution in [2.45, 2.75) is 50.9 Å². The van der Waals surface area contributed by atoms with Gasteiger partial charge >= 0.3 is 5.97 Å². The zero-order valence-electron chi connectivity index (χ0n) is 15.9. The van der Waals surface area contributed by atoms with Crippen molar-refractivity contribution >= 4 is 11.8 Å². The Balaban J connectivity index is 1.92. The van der Waals surface area contributed by atoms with E-state index in [9.17, 15) is 14.7 Å². The van der Waals surface area contributed by atoms with Crippen LogP contribution in [-0.2, 0) is 29.6 Å². The minimum Gasteiger partial charge on any atom is -0.472 e. The number of esters is 1. The van der Waals surface area contributed by atoms with Gasteiger partial charge in [-0.1, -0.05) is 0 Å². The molecule has 1 aromatic rings. The number of Topliss-reactive ketones (excluding diaryl/α,β-unsaturated/α-hetero) is 1. The van der Waals surface area contributed by atoms with Gasteiger partial charge in [0.1, 0.15) is 11.4 Å². The number of hydrogen-bond acceptors (Lipinski definition) is 7. The molecule has 2 saturated heterocycles. The predicted octanol–water partition coefficient (Wildman–Crippen LogP) is 2.17. The van der Waals surface area contributed by atoms with Crippen LogP contribution in [0, 0.1) is 16.7 Å². The second kappa shape index (κ2) is 5.90. The number of ketones is 1. The number of carbonyl (C=O) groups excluding carboxylic acids is 2. The Morgan fingerprint density at radius 3 is 2.81 bits per heavy atom. The van der Waals surface area contributed by atoms with Gasteiger partial charge in [-0.3, -0.25) is 9.59 Å². The van der Waals surface area contributed by atoms with Gasteiger partial charge in [0.25, 0.3) is 0 Å². The van der Waals surface area contributed by atoms with Crippen molar-refractivity contribution < 1.29 is 33.3 Å². The molecule has 0 aromatic carbocycles. The Hall–Kier alpha value is -1.70. The predicted molar refractivity (Wildman–Crippen MR) is 92.4 cm³/mol. The molecule has 2 bridgehead atoms. The number of carbonyl (C=O) groups is 2. The minimum atomic E-state index is -1.17. The number of hydrogen-bond donors (Lipinski definition) is 1. The zero-order chi connectivity index (χ0) is 19.5. The van der Waals surface area contributed by atoms with E-state index >= 15 is 0 Å². The topological polar surface area (TPSA) is 95.2 Å². The average molecular weight is 378 g/mol. The van der Waals surface area contributed by atoms with Crippen molar-refractivity contribution in [2.24, 2.45) is 16.7 Å². The Morgan fingerprint density at radius 2 is 2.19 bits per heavy atom. The van der Waals surface area contributed by atoms with Crippen LogP contribution in [0.4, 0.5) is 0 Å². The van der Waals surface area contributed by atoms with E-state index in [1.165, 1.54) is 7.11 Å². The van der Waals surface area contributed by atoms with E-state index in [4.69, 9.17) is 18.6 Å². The number of furan rings is 1. The van der Waals surface area contributed by atoms with Gasteiger partial charge < -0.3 is 23.7 Å². The van der Waals surface area contributed by atoms with Crippen molar-refractivity contribution in [3.8, 4) is 0 Å². The van der Waals surface area contributed by atoms with E-state index in [2.05, 4.69) is 0 Å². The molecule has 3 aliphatic rings. The summed E-state index contributed by atoms with van der Waals surface area (Å²) in [5.41, 5.74) is -2.45. The number of ether oxygens (including phenoxy) is 3. The third-order valence-electron chi connectivity index (χ3n) is 7.42. The number of aliphatic hydroxyl groups is 1. The second-order valence-electron chi connectivity index (χ2n) is 8.35. The molecule has 1 saturated carbocycles. The van der Waals surface area contributed by atoms with Crippen LogP contribution in [0.3, 0.4) is 0 Å². The van der Waals surface area contributed by atoms with Gasteiger partial charge in [0.15, 0.2) is 5.79 Å².